The third-order valence-electron chi connectivity index (χ3n) is 4.97. The van der Waals surface area contributed by atoms with E-state index in [1.165, 1.54) is 0 Å². The number of likely N-dealkylation sites (N-methyl/N-ethyl adjacent to an activating group) is 1. The molecule has 1 saturated carbocycles. The molecule has 3 rings (SSSR count). The predicted octanol–water partition coefficient (Wildman–Crippen LogP) is 0.813. The summed E-state index contributed by atoms with van der Waals surface area (Å²) < 4.78 is 11.5. The third-order valence-corrected chi connectivity index (χ3v) is 4.97. The van der Waals surface area contributed by atoms with Crippen molar-refractivity contribution in [3.05, 3.63) is 0 Å². The molecule has 3 fully saturated rings. The van der Waals surface area contributed by atoms with Crippen molar-refractivity contribution in [2.24, 2.45) is 0 Å². The summed E-state index contributed by atoms with van der Waals surface area (Å²) in [5, 5.41) is 9.70. The molecule has 0 unspecified atom stereocenters. The number of hydrogen-bond donors (Lipinski definition) is 0. The molecule has 0 aromatic heterocycles. The molecule has 3 aliphatic rings. The highest BCUT2D eigenvalue weighted by atomic mass is 16.7. The third kappa shape index (κ3) is 2.38. The lowest BCUT2D eigenvalue weighted by Crippen LogP contribution is -2.58. The molecule has 2 saturated heterocycles. The van der Waals surface area contributed by atoms with Crippen LogP contribution in [0.25, 0.3) is 0 Å². The molecule has 0 bridgehead atoms. The van der Waals surface area contributed by atoms with E-state index in [0.29, 0.717) is 13.2 Å². The van der Waals surface area contributed by atoms with Crippen LogP contribution >= 0.6 is 0 Å². The van der Waals surface area contributed by atoms with Gasteiger partial charge in [-0.25, -0.2) is 0 Å². The molecule has 0 radical (unpaired) electrons. The second-order valence-electron chi connectivity index (χ2n) is 6.04. The molecule has 2 heterocycles. The van der Waals surface area contributed by atoms with Crippen LogP contribution in [0.4, 0.5) is 0 Å². The average Bonchev–Trinajstić information content (AvgIpc) is 2.90. The van der Waals surface area contributed by atoms with E-state index in [1.807, 2.05) is 0 Å². The van der Waals surface area contributed by atoms with Crippen LogP contribution in [0, 0.1) is 11.3 Å². The Morgan fingerprint density at radius 3 is 2.05 bits per heavy atom. The van der Waals surface area contributed by atoms with E-state index in [-0.39, 0.29) is 11.3 Å². The highest BCUT2D eigenvalue weighted by Gasteiger charge is 2.49. The van der Waals surface area contributed by atoms with Gasteiger partial charge in [0.1, 0.15) is 5.54 Å². The van der Waals surface area contributed by atoms with E-state index in [2.05, 4.69) is 22.9 Å². The zero-order chi connectivity index (χ0) is 13.3. The second-order valence-corrected chi connectivity index (χ2v) is 6.04. The summed E-state index contributed by atoms with van der Waals surface area (Å²) in [6, 6.07) is 2.60. The molecule has 0 atom stereocenters. The number of hydrogen-bond acceptors (Lipinski definition) is 5. The molecule has 0 amide bonds. The number of piperazine rings is 1. The quantitative estimate of drug-likeness (QED) is 0.702. The fourth-order valence-electron chi connectivity index (χ4n) is 3.56. The monoisotopic (exact) mass is 265 g/mol. The minimum absolute atomic E-state index is 0.290. The highest BCUT2D eigenvalue weighted by Crippen LogP contribution is 2.42. The van der Waals surface area contributed by atoms with Crippen LogP contribution in [0.3, 0.4) is 0 Å². The van der Waals surface area contributed by atoms with Crippen molar-refractivity contribution in [3.8, 4) is 6.07 Å². The van der Waals surface area contributed by atoms with Crippen molar-refractivity contribution in [3.63, 3.8) is 0 Å². The molecule has 1 spiro atoms. The van der Waals surface area contributed by atoms with Crippen LogP contribution in [0.15, 0.2) is 0 Å². The first-order valence-corrected chi connectivity index (χ1v) is 7.31. The molecule has 0 aromatic carbocycles. The van der Waals surface area contributed by atoms with Crippen LogP contribution in [0.1, 0.15) is 25.7 Å². The fraction of sp³-hybridized carbons (Fsp3) is 0.929. The van der Waals surface area contributed by atoms with Gasteiger partial charge in [-0.1, -0.05) is 0 Å². The standard InChI is InChI=1S/C14H23N3O2/c1-16-6-8-17(9-7-16)13(12-15)2-4-14(5-3-13)18-10-11-19-14/h2-11H2,1H3. The summed E-state index contributed by atoms with van der Waals surface area (Å²) in [6.07, 6.45) is 3.44. The van der Waals surface area contributed by atoms with Gasteiger partial charge in [-0.15, -0.1) is 0 Å². The molecule has 2 aliphatic heterocycles. The summed E-state index contributed by atoms with van der Waals surface area (Å²) >= 11 is 0. The van der Waals surface area contributed by atoms with Gasteiger partial charge in [0.25, 0.3) is 0 Å². The summed E-state index contributed by atoms with van der Waals surface area (Å²) in [5.74, 6) is -0.368. The smallest absolute Gasteiger partial charge is 0.168 e. The molecular weight excluding hydrogens is 242 g/mol. The number of ether oxygens (including phenoxy) is 2. The van der Waals surface area contributed by atoms with Gasteiger partial charge in [-0.2, -0.15) is 5.26 Å². The maximum Gasteiger partial charge on any atom is 0.168 e. The van der Waals surface area contributed by atoms with Crippen molar-refractivity contribution in [1.29, 1.82) is 5.26 Å². The van der Waals surface area contributed by atoms with Crippen LogP contribution in [0.2, 0.25) is 0 Å². The van der Waals surface area contributed by atoms with Crippen molar-refractivity contribution < 1.29 is 9.47 Å². The zero-order valence-electron chi connectivity index (χ0n) is 11.7. The van der Waals surface area contributed by atoms with Crippen molar-refractivity contribution in [1.82, 2.24) is 9.80 Å². The maximum atomic E-state index is 9.70. The minimum Gasteiger partial charge on any atom is -0.348 e. The predicted molar refractivity (Wildman–Crippen MR) is 70.5 cm³/mol. The number of nitrogens with zero attached hydrogens (tertiary/aromatic N) is 3. The van der Waals surface area contributed by atoms with E-state index in [0.717, 1.165) is 51.9 Å². The van der Waals surface area contributed by atoms with Gasteiger partial charge >= 0.3 is 0 Å². The minimum atomic E-state index is -0.368. The first-order valence-electron chi connectivity index (χ1n) is 7.31. The molecule has 19 heavy (non-hydrogen) atoms. The lowest BCUT2D eigenvalue weighted by Gasteiger charge is -2.48. The van der Waals surface area contributed by atoms with E-state index in [1.54, 1.807) is 0 Å². The Kier molecular flexibility index (Phi) is 3.52. The summed E-state index contributed by atoms with van der Waals surface area (Å²) in [7, 11) is 2.15. The fourth-order valence-corrected chi connectivity index (χ4v) is 3.56. The van der Waals surface area contributed by atoms with E-state index in [4.69, 9.17) is 9.47 Å². The van der Waals surface area contributed by atoms with Gasteiger partial charge in [-0.05, 0) is 19.9 Å². The number of rotatable bonds is 1. The molecule has 1 aliphatic carbocycles. The Morgan fingerprint density at radius 1 is 0.947 bits per heavy atom. The lowest BCUT2D eigenvalue weighted by atomic mass is 9.78. The number of nitriles is 1. The van der Waals surface area contributed by atoms with Crippen LogP contribution in [0.5, 0.6) is 0 Å². The van der Waals surface area contributed by atoms with Crippen molar-refractivity contribution in [2.45, 2.75) is 37.0 Å². The molecule has 0 N–H and O–H groups in total. The molecule has 106 valence electrons. The molecule has 5 nitrogen and oxygen atoms in total. The Labute approximate surface area is 115 Å². The second kappa shape index (κ2) is 5.02. The van der Waals surface area contributed by atoms with E-state index in [9.17, 15) is 5.26 Å². The Morgan fingerprint density at radius 2 is 1.53 bits per heavy atom. The summed E-state index contributed by atoms with van der Waals surface area (Å²) in [4.78, 5) is 4.71. The van der Waals surface area contributed by atoms with Crippen molar-refractivity contribution in [2.75, 3.05) is 46.4 Å². The Bertz CT molecular complexity index is 355. The van der Waals surface area contributed by atoms with E-state index < -0.39 is 0 Å². The zero-order valence-corrected chi connectivity index (χ0v) is 11.7. The van der Waals surface area contributed by atoms with Crippen LogP contribution < -0.4 is 0 Å². The maximum absolute atomic E-state index is 9.70. The SMILES string of the molecule is CN1CCN(C2(C#N)CCC3(CC2)OCCO3)CC1. The van der Waals surface area contributed by atoms with Gasteiger partial charge in [0.2, 0.25) is 0 Å². The van der Waals surface area contributed by atoms with Gasteiger partial charge in [0, 0.05) is 39.0 Å². The molecule has 0 aromatic rings. The van der Waals surface area contributed by atoms with Crippen molar-refractivity contribution >= 4 is 0 Å². The van der Waals surface area contributed by atoms with E-state index >= 15 is 0 Å². The Balaban J connectivity index is 1.67. The molecular formula is C14H23N3O2. The molecule has 5 heteroatoms. The van der Waals surface area contributed by atoms with Gasteiger partial charge < -0.3 is 14.4 Å². The van der Waals surface area contributed by atoms with Gasteiger partial charge in [0.15, 0.2) is 5.79 Å². The first-order chi connectivity index (χ1) is 9.18. The average molecular weight is 265 g/mol. The van der Waals surface area contributed by atoms with Crippen LogP contribution in [-0.4, -0.2) is 67.6 Å². The van der Waals surface area contributed by atoms with Gasteiger partial charge in [0.05, 0.1) is 19.3 Å². The first kappa shape index (κ1) is 13.3. The summed E-state index contributed by atoms with van der Waals surface area (Å²) in [6.45, 7) is 5.52. The lowest BCUT2D eigenvalue weighted by molar-refractivity contribution is -0.190. The topological polar surface area (TPSA) is 48.7 Å². The largest absolute Gasteiger partial charge is 0.348 e. The summed E-state index contributed by atoms with van der Waals surface area (Å²) in [5.41, 5.74) is -0.290. The van der Waals surface area contributed by atoms with Crippen LogP contribution in [-0.2, 0) is 9.47 Å². The van der Waals surface area contributed by atoms with Gasteiger partial charge in [-0.3, -0.25) is 4.90 Å². The normalized spacial score (nSPS) is 31.4. The highest BCUT2D eigenvalue weighted by molar-refractivity contribution is 5.12. The Hall–Kier alpha value is -0.670.